The Labute approximate surface area is 180 Å². The van der Waals surface area contributed by atoms with E-state index in [0.717, 1.165) is 41.4 Å². The van der Waals surface area contributed by atoms with E-state index in [9.17, 15) is 9.18 Å². The molecule has 6 heteroatoms. The zero-order chi connectivity index (χ0) is 21.4. The number of nitrogens with one attached hydrogen (secondary N) is 2. The summed E-state index contributed by atoms with van der Waals surface area (Å²) in [6.45, 7) is 3.70. The molecule has 5 rings (SSSR count). The number of fused-ring (bicyclic) bond motifs is 4. The molecule has 0 bridgehead atoms. The van der Waals surface area contributed by atoms with Crippen LogP contribution >= 0.6 is 0 Å². The van der Waals surface area contributed by atoms with Gasteiger partial charge in [-0.25, -0.2) is 4.39 Å². The van der Waals surface area contributed by atoms with Crippen LogP contribution in [0.1, 0.15) is 41.6 Å². The molecule has 0 saturated carbocycles. The molecule has 0 fully saturated rings. The Hall–Kier alpha value is -2.99. The van der Waals surface area contributed by atoms with Gasteiger partial charge in [0.2, 0.25) is 0 Å². The second-order valence-corrected chi connectivity index (χ2v) is 8.50. The van der Waals surface area contributed by atoms with Crippen molar-refractivity contribution < 1.29 is 4.39 Å². The van der Waals surface area contributed by atoms with Gasteiger partial charge in [-0.1, -0.05) is 18.2 Å². The van der Waals surface area contributed by atoms with E-state index in [4.69, 9.17) is 0 Å². The van der Waals surface area contributed by atoms with E-state index in [1.807, 2.05) is 17.6 Å². The minimum absolute atomic E-state index is 0.0126. The predicted molar refractivity (Wildman–Crippen MR) is 122 cm³/mol. The number of aryl methyl sites for hydroxylation is 4. The fourth-order valence-electron chi connectivity index (χ4n) is 4.76. The summed E-state index contributed by atoms with van der Waals surface area (Å²) in [5.74, 6) is -0.192. The van der Waals surface area contributed by atoms with Crippen molar-refractivity contribution >= 4 is 21.8 Å². The summed E-state index contributed by atoms with van der Waals surface area (Å²) in [6, 6.07) is 11.3. The molecule has 4 aromatic rings. The molecular formula is C25H27FN4O. The Bertz CT molecular complexity index is 1320. The number of aromatic nitrogens is 3. The highest BCUT2D eigenvalue weighted by molar-refractivity contribution is 6.04. The Morgan fingerprint density at radius 3 is 2.74 bits per heavy atom. The van der Waals surface area contributed by atoms with Crippen molar-refractivity contribution in [1.82, 2.24) is 20.1 Å². The Morgan fingerprint density at radius 2 is 1.94 bits per heavy atom. The first kappa shape index (κ1) is 19.9. The lowest BCUT2D eigenvalue weighted by Gasteiger charge is -2.19. The first-order valence-electron chi connectivity index (χ1n) is 11.1. The quantitative estimate of drug-likeness (QED) is 0.457. The van der Waals surface area contributed by atoms with E-state index in [0.29, 0.717) is 30.6 Å². The van der Waals surface area contributed by atoms with Crippen molar-refractivity contribution in [2.24, 2.45) is 0 Å². The number of hydrogen-bond acceptors (Lipinski definition) is 3. The average Bonchev–Trinajstić information content (AvgIpc) is 3.17. The molecule has 2 aromatic heterocycles. The first-order chi connectivity index (χ1) is 15.1. The highest BCUT2D eigenvalue weighted by Crippen LogP contribution is 2.30. The van der Waals surface area contributed by atoms with Gasteiger partial charge in [-0.2, -0.15) is 5.10 Å². The van der Waals surface area contributed by atoms with E-state index in [1.54, 1.807) is 12.1 Å². The molecule has 2 heterocycles. The molecular weight excluding hydrogens is 391 g/mol. The van der Waals surface area contributed by atoms with Crippen LogP contribution in [0.2, 0.25) is 0 Å². The van der Waals surface area contributed by atoms with Crippen molar-refractivity contribution in [2.45, 2.75) is 52.1 Å². The zero-order valence-electron chi connectivity index (χ0n) is 17.8. The van der Waals surface area contributed by atoms with Gasteiger partial charge in [0, 0.05) is 29.7 Å². The van der Waals surface area contributed by atoms with Gasteiger partial charge in [0.25, 0.3) is 5.56 Å². The topological polar surface area (TPSA) is 62.7 Å². The molecule has 5 nitrogen and oxygen atoms in total. The molecule has 0 atom stereocenters. The van der Waals surface area contributed by atoms with Crippen molar-refractivity contribution in [2.75, 3.05) is 6.54 Å². The standard InChI is InChI=1S/C25H27FN4O/c1-16-23-24(29-28-16)20-13-17-7-2-3-8-18(17)14-22(20)30(25(23)31)12-6-11-27-15-19-9-4-5-10-21(19)26/h4-5,9-10,13-14,27H,2-3,6-8,11-12,15H2,1H3,(H,28,29). The van der Waals surface area contributed by atoms with Crippen LogP contribution in [-0.2, 0) is 25.9 Å². The third kappa shape index (κ3) is 3.65. The Morgan fingerprint density at radius 1 is 1.16 bits per heavy atom. The van der Waals surface area contributed by atoms with Crippen LogP contribution in [-0.4, -0.2) is 21.3 Å². The first-order valence-corrected chi connectivity index (χ1v) is 11.1. The van der Waals surface area contributed by atoms with Gasteiger partial charge in [-0.3, -0.25) is 9.89 Å². The minimum atomic E-state index is -0.192. The smallest absolute Gasteiger partial charge is 0.262 e. The highest BCUT2D eigenvalue weighted by Gasteiger charge is 2.18. The number of benzene rings is 2. The fraction of sp³-hybridized carbons (Fsp3) is 0.360. The summed E-state index contributed by atoms with van der Waals surface area (Å²) >= 11 is 0. The summed E-state index contributed by atoms with van der Waals surface area (Å²) < 4.78 is 15.7. The van der Waals surface area contributed by atoms with Crippen LogP contribution in [0.15, 0.2) is 41.2 Å². The van der Waals surface area contributed by atoms with Gasteiger partial charge in [-0.15, -0.1) is 0 Å². The normalized spacial score (nSPS) is 13.7. The summed E-state index contributed by atoms with van der Waals surface area (Å²) in [4.78, 5) is 13.4. The van der Waals surface area contributed by atoms with E-state index in [2.05, 4.69) is 27.6 Å². The van der Waals surface area contributed by atoms with Crippen LogP contribution < -0.4 is 10.9 Å². The molecule has 0 spiro atoms. The van der Waals surface area contributed by atoms with Gasteiger partial charge in [0.15, 0.2) is 0 Å². The van der Waals surface area contributed by atoms with Gasteiger partial charge >= 0.3 is 0 Å². The third-order valence-electron chi connectivity index (χ3n) is 6.42. The SMILES string of the molecule is Cc1[nH]nc2c1c(=O)n(CCCNCc1ccccc1F)c1cc3c(cc21)CCCC3. The van der Waals surface area contributed by atoms with Gasteiger partial charge in [-0.05, 0) is 74.9 Å². The number of halogens is 1. The second kappa shape index (κ2) is 8.27. The van der Waals surface area contributed by atoms with Crippen molar-refractivity contribution in [1.29, 1.82) is 0 Å². The maximum atomic E-state index is 13.8. The molecule has 0 unspecified atom stereocenters. The molecule has 0 amide bonds. The molecule has 2 N–H and O–H groups in total. The number of pyridine rings is 1. The number of rotatable bonds is 6. The Balaban J connectivity index is 1.44. The number of H-pyrrole nitrogens is 1. The molecule has 31 heavy (non-hydrogen) atoms. The monoisotopic (exact) mass is 418 g/mol. The summed E-state index contributed by atoms with van der Waals surface area (Å²) in [5.41, 5.74) is 5.98. The molecule has 1 aliphatic carbocycles. The van der Waals surface area contributed by atoms with Crippen LogP contribution in [0.25, 0.3) is 21.8 Å². The summed E-state index contributed by atoms with van der Waals surface area (Å²) in [5, 5.41) is 12.5. The fourth-order valence-corrected chi connectivity index (χ4v) is 4.76. The van der Waals surface area contributed by atoms with Crippen molar-refractivity contribution in [3.05, 3.63) is 75.0 Å². The third-order valence-corrected chi connectivity index (χ3v) is 6.42. The maximum Gasteiger partial charge on any atom is 0.262 e. The van der Waals surface area contributed by atoms with Gasteiger partial charge in [0.1, 0.15) is 11.3 Å². The predicted octanol–water partition coefficient (Wildman–Crippen LogP) is 4.38. The summed E-state index contributed by atoms with van der Waals surface area (Å²) in [7, 11) is 0. The zero-order valence-corrected chi connectivity index (χ0v) is 17.8. The molecule has 160 valence electrons. The van der Waals surface area contributed by atoms with Crippen molar-refractivity contribution in [3.8, 4) is 0 Å². The van der Waals surface area contributed by atoms with Crippen LogP contribution in [0.4, 0.5) is 4.39 Å². The van der Waals surface area contributed by atoms with Crippen LogP contribution in [0.3, 0.4) is 0 Å². The van der Waals surface area contributed by atoms with E-state index >= 15 is 0 Å². The van der Waals surface area contributed by atoms with Crippen molar-refractivity contribution in [3.63, 3.8) is 0 Å². The van der Waals surface area contributed by atoms with Crippen LogP contribution in [0.5, 0.6) is 0 Å². The second-order valence-electron chi connectivity index (χ2n) is 8.50. The number of hydrogen-bond donors (Lipinski definition) is 2. The number of aromatic amines is 1. The van der Waals surface area contributed by atoms with Gasteiger partial charge < -0.3 is 9.88 Å². The molecule has 1 aliphatic rings. The van der Waals surface area contributed by atoms with E-state index in [-0.39, 0.29) is 11.4 Å². The summed E-state index contributed by atoms with van der Waals surface area (Å²) in [6.07, 6.45) is 5.36. The largest absolute Gasteiger partial charge is 0.312 e. The molecule has 0 aliphatic heterocycles. The van der Waals surface area contributed by atoms with Crippen LogP contribution in [0, 0.1) is 12.7 Å². The maximum absolute atomic E-state index is 13.8. The minimum Gasteiger partial charge on any atom is -0.312 e. The Kier molecular flexibility index (Phi) is 5.32. The molecule has 0 radical (unpaired) electrons. The lowest BCUT2D eigenvalue weighted by atomic mass is 9.90. The lowest BCUT2D eigenvalue weighted by Crippen LogP contribution is -2.24. The molecule has 2 aromatic carbocycles. The highest BCUT2D eigenvalue weighted by atomic mass is 19.1. The van der Waals surface area contributed by atoms with Gasteiger partial charge in [0.05, 0.1) is 10.9 Å². The lowest BCUT2D eigenvalue weighted by molar-refractivity contribution is 0.559. The van der Waals surface area contributed by atoms with E-state index in [1.165, 1.54) is 30.0 Å². The average molecular weight is 419 g/mol. The molecule has 0 saturated heterocycles. The number of nitrogens with zero attached hydrogens (tertiary/aromatic N) is 2. The van der Waals surface area contributed by atoms with E-state index < -0.39 is 0 Å².